The van der Waals surface area contributed by atoms with Gasteiger partial charge in [0.15, 0.2) is 0 Å². The molecule has 0 unspecified atom stereocenters. The van der Waals surface area contributed by atoms with Gasteiger partial charge in [-0.05, 0) is 31.3 Å². The van der Waals surface area contributed by atoms with Crippen molar-refractivity contribution in [1.29, 1.82) is 0 Å². The van der Waals surface area contributed by atoms with Gasteiger partial charge in [0.25, 0.3) is 5.91 Å². The molecule has 0 spiro atoms. The largest absolute Gasteiger partial charge is 0.346 e. The summed E-state index contributed by atoms with van der Waals surface area (Å²) in [5.41, 5.74) is 1.24. The number of hydrogen-bond donors (Lipinski definition) is 2. The number of carbonyl (C=O) groups excluding carboxylic acids is 1. The molecule has 9 heteroatoms. The summed E-state index contributed by atoms with van der Waals surface area (Å²) in [5, 5.41) is 2.79. The molecule has 7 nitrogen and oxygen atoms in total. The van der Waals surface area contributed by atoms with Crippen molar-refractivity contribution in [3.63, 3.8) is 0 Å². The molecule has 0 saturated carbocycles. The second-order valence-electron chi connectivity index (χ2n) is 5.10. The predicted molar refractivity (Wildman–Crippen MR) is 95.3 cm³/mol. The van der Waals surface area contributed by atoms with E-state index in [4.69, 9.17) is 0 Å². The third-order valence-corrected chi connectivity index (χ3v) is 6.49. The van der Waals surface area contributed by atoms with E-state index in [1.165, 1.54) is 19.3 Å². The molecule has 2 heterocycles. The van der Waals surface area contributed by atoms with Gasteiger partial charge in [0.1, 0.15) is 9.90 Å². The highest BCUT2D eigenvalue weighted by Crippen LogP contribution is 2.21. The van der Waals surface area contributed by atoms with Gasteiger partial charge in [-0.1, -0.05) is 18.2 Å². The van der Waals surface area contributed by atoms with Gasteiger partial charge in [0.05, 0.1) is 19.1 Å². The topological polar surface area (TPSA) is 93.1 Å². The molecule has 2 N–H and O–H groups in total. The monoisotopic (exact) mass is 376 g/mol. The Balaban J connectivity index is 1.72. The number of nitrogens with zero attached hydrogens (tertiary/aromatic N) is 2. The van der Waals surface area contributed by atoms with Gasteiger partial charge in [-0.3, -0.25) is 9.36 Å². The number of hydrogen-bond acceptors (Lipinski definition) is 5. The fourth-order valence-electron chi connectivity index (χ4n) is 2.21. The highest BCUT2D eigenvalue weighted by Gasteiger charge is 2.16. The normalized spacial score (nSPS) is 11.4. The molecule has 0 atom stereocenters. The maximum atomic E-state index is 12.4. The van der Waals surface area contributed by atoms with Crippen molar-refractivity contribution in [2.24, 2.45) is 0 Å². The minimum Gasteiger partial charge on any atom is -0.346 e. The van der Waals surface area contributed by atoms with Crippen molar-refractivity contribution in [1.82, 2.24) is 19.6 Å². The number of benzene rings is 1. The zero-order chi connectivity index (χ0) is 17.9. The summed E-state index contributed by atoms with van der Waals surface area (Å²) < 4.78 is 27.7. The number of imidazole rings is 1. The number of thiophene rings is 1. The maximum absolute atomic E-state index is 12.4. The number of para-hydroxylation sites is 1. The van der Waals surface area contributed by atoms with Crippen LogP contribution in [-0.4, -0.2) is 30.9 Å². The fraction of sp³-hybridized carbons (Fsp3) is 0.125. The maximum Gasteiger partial charge on any atom is 0.270 e. The average Bonchev–Trinajstić information content (AvgIpc) is 3.30. The molecule has 25 heavy (non-hydrogen) atoms. The molecule has 0 aliphatic carbocycles. The first-order chi connectivity index (χ1) is 12.0. The van der Waals surface area contributed by atoms with Gasteiger partial charge < -0.3 is 5.32 Å². The van der Waals surface area contributed by atoms with Gasteiger partial charge in [-0.2, -0.15) is 0 Å². The van der Waals surface area contributed by atoms with Gasteiger partial charge in [0.2, 0.25) is 10.0 Å². The molecular formula is C16H16N4O3S2. The zero-order valence-corrected chi connectivity index (χ0v) is 15.0. The summed E-state index contributed by atoms with van der Waals surface area (Å²) in [4.78, 5) is 17.2. The van der Waals surface area contributed by atoms with Crippen LogP contribution in [0.2, 0.25) is 0 Å². The van der Waals surface area contributed by atoms with E-state index in [9.17, 15) is 13.2 Å². The van der Waals surface area contributed by atoms with Gasteiger partial charge in [0, 0.05) is 10.6 Å². The molecular weight excluding hydrogens is 360 g/mol. The molecule has 3 aromatic rings. The molecule has 0 saturated heterocycles. The third kappa shape index (κ3) is 3.78. The van der Waals surface area contributed by atoms with E-state index in [-0.39, 0.29) is 16.7 Å². The Bertz CT molecular complexity index is 978. The Morgan fingerprint density at radius 1 is 1.20 bits per heavy atom. The summed E-state index contributed by atoms with van der Waals surface area (Å²) in [6.07, 6.45) is 3.07. The standard InChI is InChI=1S/C16H16N4O3S2/c1-17-25(22,23)15-8-7-13(24-15)9-19-16(21)14-10-18-11-20(14)12-5-3-2-4-6-12/h2-8,10-11,17H,9H2,1H3,(H,19,21). The number of aromatic nitrogens is 2. The third-order valence-electron chi connectivity index (χ3n) is 3.50. The van der Waals surface area contributed by atoms with Crippen LogP contribution in [0.3, 0.4) is 0 Å². The van der Waals surface area contributed by atoms with E-state index < -0.39 is 10.0 Å². The smallest absolute Gasteiger partial charge is 0.270 e. The van der Waals surface area contributed by atoms with Crippen LogP contribution in [0.25, 0.3) is 5.69 Å². The average molecular weight is 376 g/mol. The SMILES string of the molecule is CNS(=O)(=O)c1ccc(CNC(=O)c2cncn2-c2ccccc2)s1. The number of rotatable bonds is 6. The first-order valence-electron chi connectivity index (χ1n) is 7.39. The summed E-state index contributed by atoms with van der Waals surface area (Å²) in [7, 11) is -2.10. The molecule has 130 valence electrons. The first kappa shape index (κ1) is 17.3. The zero-order valence-electron chi connectivity index (χ0n) is 13.3. The van der Waals surface area contributed by atoms with Crippen LogP contribution in [0.5, 0.6) is 0 Å². The lowest BCUT2D eigenvalue weighted by Crippen LogP contribution is -2.24. The van der Waals surface area contributed by atoms with Crippen molar-refractivity contribution in [2.75, 3.05) is 7.05 Å². The van der Waals surface area contributed by atoms with Crippen LogP contribution in [-0.2, 0) is 16.6 Å². The van der Waals surface area contributed by atoms with Crippen LogP contribution in [0.4, 0.5) is 0 Å². The number of sulfonamides is 1. The predicted octanol–water partition coefficient (Wildman–Crippen LogP) is 1.77. The van der Waals surface area contributed by atoms with Crippen molar-refractivity contribution in [2.45, 2.75) is 10.8 Å². The van der Waals surface area contributed by atoms with Crippen molar-refractivity contribution in [3.8, 4) is 5.69 Å². The highest BCUT2D eigenvalue weighted by molar-refractivity contribution is 7.91. The molecule has 2 aromatic heterocycles. The number of amides is 1. The van der Waals surface area contributed by atoms with E-state index in [0.717, 1.165) is 21.9 Å². The van der Waals surface area contributed by atoms with Crippen LogP contribution < -0.4 is 10.0 Å². The number of nitrogens with one attached hydrogen (secondary N) is 2. The van der Waals surface area contributed by atoms with Crippen LogP contribution >= 0.6 is 11.3 Å². The van der Waals surface area contributed by atoms with Crippen LogP contribution in [0.15, 0.2) is 59.2 Å². The second-order valence-corrected chi connectivity index (χ2v) is 8.38. The fourth-order valence-corrected chi connectivity index (χ4v) is 4.35. The van der Waals surface area contributed by atoms with Crippen LogP contribution in [0, 0.1) is 0 Å². The molecule has 0 aliphatic heterocycles. The van der Waals surface area contributed by atoms with Gasteiger partial charge in [-0.25, -0.2) is 18.1 Å². The lowest BCUT2D eigenvalue weighted by atomic mass is 10.3. The lowest BCUT2D eigenvalue weighted by molar-refractivity contribution is 0.0944. The van der Waals surface area contributed by atoms with E-state index in [0.29, 0.717) is 5.69 Å². The highest BCUT2D eigenvalue weighted by atomic mass is 32.2. The van der Waals surface area contributed by atoms with Crippen molar-refractivity contribution >= 4 is 27.3 Å². The molecule has 0 radical (unpaired) electrons. The molecule has 0 bridgehead atoms. The minimum atomic E-state index is -3.46. The van der Waals surface area contributed by atoms with Crippen molar-refractivity contribution < 1.29 is 13.2 Å². The Morgan fingerprint density at radius 3 is 2.68 bits per heavy atom. The van der Waals surface area contributed by atoms with Gasteiger partial charge in [-0.15, -0.1) is 11.3 Å². The Labute approximate surface area is 149 Å². The lowest BCUT2D eigenvalue weighted by Gasteiger charge is -2.08. The first-order valence-corrected chi connectivity index (χ1v) is 9.69. The minimum absolute atomic E-state index is 0.216. The molecule has 0 aliphatic rings. The van der Waals surface area contributed by atoms with Crippen LogP contribution in [0.1, 0.15) is 15.4 Å². The quantitative estimate of drug-likeness (QED) is 0.686. The summed E-state index contributed by atoms with van der Waals surface area (Å²) in [6, 6.07) is 12.6. The second kappa shape index (κ2) is 7.18. The van der Waals surface area contributed by atoms with E-state index >= 15 is 0 Å². The van der Waals surface area contributed by atoms with Gasteiger partial charge >= 0.3 is 0 Å². The van der Waals surface area contributed by atoms with E-state index in [1.807, 2.05) is 30.3 Å². The molecule has 0 fully saturated rings. The Morgan fingerprint density at radius 2 is 1.96 bits per heavy atom. The molecule has 1 amide bonds. The Kier molecular flexibility index (Phi) is 4.98. The number of carbonyl (C=O) groups is 1. The summed E-state index contributed by atoms with van der Waals surface area (Å²) in [5.74, 6) is -0.284. The Hall–Kier alpha value is -2.49. The summed E-state index contributed by atoms with van der Waals surface area (Å²) in [6.45, 7) is 0.239. The van der Waals surface area contributed by atoms with E-state index in [1.54, 1.807) is 17.0 Å². The van der Waals surface area contributed by atoms with E-state index in [2.05, 4.69) is 15.0 Å². The molecule has 3 rings (SSSR count). The van der Waals surface area contributed by atoms with Crippen molar-refractivity contribution in [3.05, 3.63) is 65.6 Å². The summed E-state index contributed by atoms with van der Waals surface area (Å²) >= 11 is 1.12. The molecule has 1 aromatic carbocycles.